The number of anilines is 2. The highest BCUT2D eigenvalue weighted by Crippen LogP contribution is 2.25. The summed E-state index contributed by atoms with van der Waals surface area (Å²) in [7, 11) is 0. The summed E-state index contributed by atoms with van der Waals surface area (Å²) in [6.45, 7) is 3.99. The number of hydrogen-bond donors (Lipinski definition) is 1. The molecule has 1 aliphatic heterocycles. The standard InChI is InChI=1S/C19H24FN5O4/c1-14-21-18(17(25(28)29)19(27)24(14)8-2-3-13-26)23-11-9-22(10-12-23)16-6-4-15(20)5-7-16/h4-7,26H,2-3,8-13H2,1H3. The van der Waals surface area contributed by atoms with Crippen LogP contribution in [0.3, 0.4) is 0 Å². The molecule has 0 unspecified atom stereocenters. The van der Waals surface area contributed by atoms with Gasteiger partial charge in [0.05, 0.1) is 4.92 Å². The summed E-state index contributed by atoms with van der Waals surface area (Å²) in [5, 5.41) is 20.6. The largest absolute Gasteiger partial charge is 0.396 e. The van der Waals surface area contributed by atoms with Gasteiger partial charge in [0.2, 0.25) is 5.82 Å². The van der Waals surface area contributed by atoms with E-state index in [2.05, 4.69) is 9.88 Å². The van der Waals surface area contributed by atoms with Crippen LogP contribution >= 0.6 is 0 Å². The van der Waals surface area contributed by atoms with Crippen LogP contribution in [0.4, 0.5) is 21.6 Å². The molecule has 2 heterocycles. The van der Waals surface area contributed by atoms with Gasteiger partial charge in [-0.25, -0.2) is 9.37 Å². The summed E-state index contributed by atoms with van der Waals surface area (Å²) in [4.78, 5) is 31.9. The number of aliphatic hydroxyl groups is 1. The molecule has 9 nitrogen and oxygen atoms in total. The van der Waals surface area contributed by atoms with E-state index < -0.39 is 16.2 Å². The van der Waals surface area contributed by atoms with Crippen LogP contribution in [0, 0.1) is 22.9 Å². The van der Waals surface area contributed by atoms with E-state index in [-0.39, 0.29) is 24.8 Å². The van der Waals surface area contributed by atoms with Gasteiger partial charge in [-0.05, 0) is 44.0 Å². The molecule has 0 aliphatic carbocycles. The minimum Gasteiger partial charge on any atom is -0.396 e. The van der Waals surface area contributed by atoms with Crippen LogP contribution in [0.15, 0.2) is 29.1 Å². The zero-order valence-electron chi connectivity index (χ0n) is 16.3. The van der Waals surface area contributed by atoms with Crippen LogP contribution in [0.2, 0.25) is 0 Å². The Kier molecular flexibility index (Phi) is 6.42. The number of nitrogens with zero attached hydrogens (tertiary/aromatic N) is 5. The van der Waals surface area contributed by atoms with Crippen molar-refractivity contribution in [3.05, 3.63) is 56.4 Å². The summed E-state index contributed by atoms with van der Waals surface area (Å²) in [6, 6.07) is 6.19. The number of hydrogen-bond acceptors (Lipinski definition) is 7. The molecule has 1 aromatic heterocycles. The molecule has 2 aromatic rings. The quantitative estimate of drug-likeness (QED) is 0.425. The molecule has 0 spiro atoms. The number of unbranched alkanes of at least 4 members (excludes halogenated alkanes) is 1. The second-order valence-corrected chi connectivity index (χ2v) is 6.93. The van der Waals surface area contributed by atoms with Gasteiger partial charge in [0.25, 0.3) is 0 Å². The van der Waals surface area contributed by atoms with Crippen molar-refractivity contribution in [2.24, 2.45) is 0 Å². The molecular weight excluding hydrogens is 381 g/mol. The van der Waals surface area contributed by atoms with E-state index in [1.807, 2.05) is 0 Å². The van der Waals surface area contributed by atoms with Crippen LogP contribution in [0.25, 0.3) is 0 Å². The van der Waals surface area contributed by atoms with Crippen LogP contribution in [-0.2, 0) is 6.54 Å². The zero-order chi connectivity index (χ0) is 21.0. The van der Waals surface area contributed by atoms with Crippen molar-refractivity contribution >= 4 is 17.2 Å². The Hall–Kier alpha value is -3.01. The highest BCUT2D eigenvalue weighted by atomic mass is 19.1. The molecule has 0 radical (unpaired) electrons. The minimum absolute atomic E-state index is 0.000261. The maximum absolute atomic E-state index is 13.1. The molecule has 0 atom stereocenters. The minimum atomic E-state index is -0.670. The Labute approximate surface area is 167 Å². The third-order valence-electron chi connectivity index (χ3n) is 5.06. The smallest absolute Gasteiger partial charge is 0.376 e. The normalized spacial score (nSPS) is 14.3. The first-order valence-corrected chi connectivity index (χ1v) is 9.54. The van der Waals surface area contributed by atoms with E-state index in [0.29, 0.717) is 44.8 Å². The number of aromatic nitrogens is 2. The van der Waals surface area contributed by atoms with Crippen LogP contribution in [0.5, 0.6) is 0 Å². The molecule has 3 rings (SSSR count). The summed E-state index contributed by atoms with van der Waals surface area (Å²) in [5.41, 5.74) is -0.310. The van der Waals surface area contributed by atoms with Gasteiger partial charge in [0.15, 0.2) is 0 Å². The van der Waals surface area contributed by atoms with E-state index in [1.165, 1.54) is 16.7 Å². The Morgan fingerprint density at radius 3 is 2.34 bits per heavy atom. The van der Waals surface area contributed by atoms with Crippen molar-refractivity contribution in [1.29, 1.82) is 0 Å². The van der Waals surface area contributed by atoms with Gasteiger partial charge in [0, 0.05) is 45.0 Å². The number of piperazine rings is 1. The van der Waals surface area contributed by atoms with Gasteiger partial charge < -0.3 is 14.9 Å². The van der Waals surface area contributed by atoms with Crippen LogP contribution < -0.4 is 15.4 Å². The SMILES string of the molecule is Cc1nc(N2CCN(c3ccc(F)cc3)CC2)c([N+](=O)[O-])c(=O)n1CCCCO. The van der Waals surface area contributed by atoms with Crippen LogP contribution in [-0.4, -0.2) is 52.4 Å². The van der Waals surface area contributed by atoms with E-state index in [4.69, 9.17) is 5.11 Å². The number of benzene rings is 1. The van der Waals surface area contributed by atoms with Gasteiger partial charge in [-0.3, -0.25) is 19.5 Å². The Morgan fingerprint density at radius 1 is 1.14 bits per heavy atom. The van der Waals surface area contributed by atoms with E-state index >= 15 is 0 Å². The van der Waals surface area contributed by atoms with Gasteiger partial charge >= 0.3 is 11.2 Å². The highest BCUT2D eigenvalue weighted by molar-refractivity contribution is 5.58. The highest BCUT2D eigenvalue weighted by Gasteiger charge is 2.30. The lowest BCUT2D eigenvalue weighted by molar-refractivity contribution is -0.386. The topological polar surface area (TPSA) is 105 Å². The van der Waals surface area contributed by atoms with Crippen molar-refractivity contribution in [3.63, 3.8) is 0 Å². The van der Waals surface area contributed by atoms with E-state index in [9.17, 15) is 19.3 Å². The summed E-state index contributed by atoms with van der Waals surface area (Å²) < 4.78 is 14.4. The average molecular weight is 405 g/mol. The molecular formula is C19H24FN5O4. The van der Waals surface area contributed by atoms with Crippen molar-refractivity contribution in [2.45, 2.75) is 26.3 Å². The Bertz CT molecular complexity index is 923. The Morgan fingerprint density at radius 2 is 1.76 bits per heavy atom. The van der Waals surface area contributed by atoms with E-state index in [0.717, 1.165) is 5.69 Å². The monoisotopic (exact) mass is 405 g/mol. The number of nitro groups is 1. The lowest BCUT2D eigenvalue weighted by Gasteiger charge is -2.36. The van der Waals surface area contributed by atoms with Gasteiger partial charge in [0.1, 0.15) is 11.6 Å². The fourth-order valence-corrected chi connectivity index (χ4v) is 3.49. The average Bonchev–Trinajstić information content (AvgIpc) is 2.70. The third kappa shape index (κ3) is 4.53. The fourth-order valence-electron chi connectivity index (χ4n) is 3.49. The third-order valence-corrected chi connectivity index (χ3v) is 5.06. The van der Waals surface area contributed by atoms with Crippen molar-refractivity contribution < 1.29 is 14.4 Å². The molecule has 1 aromatic carbocycles. The first kappa shape index (κ1) is 20.7. The van der Waals surface area contributed by atoms with Crippen molar-refractivity contribution in [2.75, 3.05) is 42.6 Å². The number of halogens is 1. The number of aryl methyl sites for hydroxylation is 1. The maximum atomic E-state index is 13.1. The number of aliphatic hydroxyl groups excluding tert-OH is 1. The number of rotatable bonds is 7. The van der Waals surface area contributed by atoms with Gasteiger partial charge in [-0.15, -0.1) is 0 Å². The fraction of sp³-hybridized carbons (Fsp3) is 0.474. The predicted molar refractivity (Wildman–Crippen MR) is 107 cm³/mol. The van der Waals surface area contributed by atoms with Crippen molar-refractivity contribution in [1.82, 2.24) is 9.55 Å². The molecule has 0 bridgehead atoms. The molecule has 10 heteroatoms. The second-order valence-electron chi connectivity index (χ2n) is 6.93. The maximum Gasteiger partial charge on any atom is 0.376 e. The molecule has 1 aliphatic rings. The lowest BCUT2D eigenvalue weighted by Crippen LogP contribution is -2.47. The molecule has 29 heavy (non-hydrogen) atoms. The molecule has 1 N–H and O–H groups in total. The first-order valence-electron chi connectivity index (χ1n) is 9.54. The van der Waals surface area contributed by atoms with E-state index in [1.54, 1.807) is 24.0 Å². The second kappa shape index (κ2) is 8.99. The van der Waals surface area contributed by atoms with Gasteiger partial charge in [-0.1, -0.05) is 0 Å². The summed E-state index contributed by atoms with van der Waals surface area (Å²) in [6.07, 6.45) is 1.04. The molecule has 0 amide bonds. The first-order chi connectivity index (χ1) is 13.9. The van der Waals surface area contributed by atoms with Crippen molar-refractivity contribution in [3.8, 4) is 0 Å². The lowest BCUT2D eigenvalue weighted by atomic mass is 10.2. The predicted octanol–water partition coefficient (Wildman–Crippen LogP) is 1.70. The molecule has 1 fully saturated rings. The van der Waals surface area contributed by atoms with Crippen LogP contribution in [0.1, 0.15) is 18.7 Å². The summed E-state index contributed by atoms with van der Waals surface area (Å²) in [5.74, 6) is 0.200. The Balaban J connectivity index is 1.82. The molecule has 0 saturated carbocycles. The molecule has 1 saturated heterocycles. The summed E-state index contributed by atoms with van der Waals surface area (Å²) >= 11 is 0. The zero-order valence-corrected chi connectivity index (χ0v) is 16.3. The molecule has 156 valence electrons. The van der Waals surface area contributed by atoms with Gasteiger partial charge in [-0.2, -0.15) is 0 Å².